The standard InChI is InChI=1S/C15H29NO3/c1-4-7-12(3)19-11-6-10-15(5-2,14(17)18)16-13-8-9-13/h12-13,16H,4-11H2,1-3H3,(H,17,18). The Balaban J connectivity index is 2.33. The second-order valence-corrected chi connectivity index (χ2v) is 5.73. The van der Waals surface area contributed by atoms with Gasteiger partial charge in [0.15, 0.2) is 0 Å². The first-order chi connectivity index (χ1) is 9.04. The molecule has 4 nitrogen and oxygen atoms in total. The van der Waals surface area contributed by atoms with Crippen molar-refractivity contribution in [1.82, 2.24) is 5.32 Å². The molecule has 0 bridgehead atoms. The van der Waals surface area contributed by atoms with Gasteiger partial charge in [0.05, 0.1) is 6.10 Å². The summed E-state index contributed by atoms with van der Waals surface area (Å²) in [7, 11) is 0. The molecule has 2 N–H and O–H groups in total. The van der Waals surface area contributed by atoms with E-state index in [2.05, 4.69) is 19.2 Å². The van der Waals surface area contributed by atoms with Crippen molar-refractivity contribution in [3.8, 4) is 0 Å². The molecule has 4 heteroatoms. The Morgan fingerprint density at radius 3 is 2.63 bits per heavy atom. The number of aliphatic carboxylic acids is 1. The van der Waals surface area contributed by atoms with Crippen molar-refractivity contribution in [2.45, 2.75) is 83.4 Å². The van der Waals surface area contributed by atoms with E-state index >= 15 is 0 Å². The number of carboxylic acid groups (broad SMARTS) is 1. The summed E-state index contributed by atoms with van der Waals surface area (Å²) in [5.41, 5.74) is -0.751. The molecule has 1 saturated carbocycles. The lowest BCUT2D eigenvalue weighted by molar-refractivity contribution is -0.145. The van der Waals surface area contributed by atoms with Gasteiger partial charge in [-0.25, -0.2) is 0 Å². The van der Waals surface area contributed by atoms with Gasteiger partial charge in [-0.3, -0.25) is 10.1 Å². The van der Waals surface area contributed by atoms with E-state index < -0.39 is 11.5 Å². The average molecular weight is 271 g/mol. The molecule has 2 unspecified atom stereocenters. The molecule has 0 spiro atoms. The number of rotatable bonds is 11. The van der Waals surface area contributed by atoms with E-state index in [-0.39, 0.29) is 6.10 Å². The average Bonchev–Trinajstić information content (AvgIpc) is 3.17. The van der Waals surface area contributed by atoms with Crippen LogP contribution in [0.25, 0.3) is 0 Å². The van der Waals surface area contributed by atoms with Gasteiger partial charge in [-0.05, 0) is 45.4 Å². The molecule has 0 amide bonds. The maximum absolute atomic E-state index is 11.5. The normalized spacial score (nSPS) is 19.9. The lowest BCUT2D eigenvalue weighted by Crippen LogP contribution is -2.52. The Morgan fingerprint density at radius 2 is 2.16 bits per heavy atom. The fourth-order valence-corrected chi connectivity index (χ4v) is 2.44. The summed E-state index contributed by atoms with van der Waals surface area (Å²) in [4.78, 5) is 11.5. The fraction of sp³-hybridized carbons (Fsp3) is 0.933. The first kappa shape index (κ1) is 16.4. The number of hydrogen-bond acceptors (Lipinski definition) is 3. The molecule has 0 saturated heterocycles. The van der Waals surface area contributed by atoms with Gasteiger partial charge < -0.3 is 9.84 Å². The van der Waals surface area contributed by atoms with Gasteiger partial charge in [-0.2, -0.15) is 0 Å². The molecule has 0 aromatic heterocycles. The summed E-state index contributed by atoms with van der Waals surface area (Å²) in [5.74, 6) is -0.719. The molecule has 1 fully saturated rings. The van der Waals surface area contributed by atoms with Crippen molar-refractivity contribution in [3.63, 3.8) is 0 Å². The molecule has 1 aliphatic carbocycles. The second-order valence-electron chi connectivity index (χ2n) is 5.73. The van der Waals surface area contributed by atoms with Crippen LogP contribution in [0.15, 0.2) is 0 Å². The molecule has 0 radical (unpaired) electrons. The van der Waals surface area contributed by atoms with Crippen LogP contribution >= 0.6 is 0 Å². The van der Waals surface area contributed by atoms with Crippen LogP contribution in [0, 0.1) is 0 Å². The zero-order valence-electron chi connectivity index (χ0n) is 12.6. The molecule has 19 heavy (non-hydrogen) atoms. The van der Waals surface area contributed by atoms with E-state index in [9.17, 15) is 9.90 Å². The summed E-state index contributed by atoms with van der Waals surface area (Å²) >= 11 is 0. The van der Waals surface area contributed by atoms with Gasteiger partial charge in [-0.1, -0.05) is 20.3 Å². The van der Waals surface area contributed by atoms with Gasteiger partial charge in [0.25, 0.3) is 0 Å². The van der Waals surface area contributed by atoms with Gasteiger partial charge in [0, 0.05) is 12.6 Å². The van der Waals surface area contributed by atoms with Crippen LogP contribution in [0.1, 0.15) is 65.7 Å². The minimum absolute atomic E-state index is 0.280. The number of carboxylic acids is 1. The van der Waals surface area contributed by atoms with E-state index in [4.69, 9.17) is 4.74 Å². The van der Waals surface area contributed by atoms with Crippen molar-refractivity contribution >= 4 is 5.97 Å². The highest BCUT2D eigenvalue weighted by molar-refractivity contribution is 5.78. The van der Waals surface area contributed by atoms with Gasteiger partial charge >= 0.3 is 5.97 Å². The summed E-state index contributed by atoms with van der Waals surface area (Å²) in [6.07, 6.45) is 6.77. The molecule has 0 aromatic rings. The second kappa shape index (κ2) is 7.85. The highest BCUT2D eigenvalue weighted by Crippen LogP contribution is 2.27. The molecule has 1 aliphatic rings. The largest absolute Gasteiger partial charge is 0.480 e. The van der Waals surface area contributed by atoms with Crippen LogP contribution in [-0.4, -0.2) is 35.4 Å². The number of hydrogen-bond donors (Lipinski definition) is 2. The number of nitrogens with one attached hydrogen (secondary N) is 1. The summed E-state index contributed by atoms with van der Waals surface area (Å²) < 4.78 is 5.70. The molecule has 0 aromatic carbocycles. The van der Waals surface area contributed by atoms with Crippen molar-refractivity contribution in [2.75, 3.05) is 6.61 Å². The van der Waals surface area contributed by atoms with Gasteiger partial charge in [-0.15, -0.1) is 0 Å². The topological polar surface area (TPSA) is 58.6 Å². The quantitative estimate of drug-likeness (QED) is 0.567. The first-order valence-electron chi connectivity index (χ1n) is 7.66. The summed E-state index contributed by atoms with van der Waals surface area (Å²) in [5, 5.41) is 12.8. The molecule has 2 atom stereocenters. The monoisotopic (exact) mass is 271 g/mol. The van der Waals surface area contributed by atoms with Gasteiger partial charge in [0.1, 0.15) is 5.54 Å². The smallest absolute Gasteiger partial charge is 0.323 e. The molecule has 0 heterocycles. The minimum Gasteiger partial charge on any atom is -0.480 e. The summed E-state index contributed by atoms with van der Waals surface area (Å²) in [6, 6.07) is 0.413. The lowest BCUT2D eigenvalue weighted by atomic mass is 9.90. The Kier molecular flexibility index (Phi) is 6.80. The molecule has 112 valence electrons. The molecule has 1 rings (SSSR count). The van der Waals surface area contributed by atoms with Crippen molar-refractivity contribution in [2.24, 2.45) is 0 Å². The SMILES string of the molecule is CCCC(C)OCCCC(CC)(NC1CC1)C(=O)O. The third kappa shape index (κ3) is 5.49. The van der Waals surface area contributed by atoms with E-state index in [1.807, 2.05) is 6.92 Å². The van der Waals surface area contributed by atoms with Crippen LogP contribution in [-0.2, 0) is 9.53 Å². The number of ether oxygens (including phenoxy) is 1. The summed E-state index contributed by atoms with van der Waals surface area (Å²) in [6.45, 7) is 6.83. The van der Waals surface area contributed by atoms with Crippen LogP contribution in [0.3, 0.4) is 0 Å². The maximum atomic E-state index is 11.5. The van der Waals surface area contributed by atoms with E-state index in [0.29, 0.717) is 25.5 Å². The van der Waals surface area contributed by atoms with Crippen LogP contribution in [0.2, 0.25) is 0 Å². The lowest BCUT2D eigenvalue weighted by Gasteiger charge is -2.30. The van der Waals surface area contributed by atoms with Crippen molar-refractivity contribution in [3.05, 3.63) is 0 Å². The number of carbonyl (C=O) groups is 1. The van der Waals surface area contributed by atoms with E-state index in [1.165, 1.54) is 0 Å². The van der Waals surface area contributed by atoms with Crippen LogP contribution < -0.4 is 5.32 Å². The Hall–Kier alpha value is -0.610. The van der Waals surface area contributed by atoms with Crippen LogP contribution in [0.4, 0.5) is 0 Å². The Morgan fingerprint density at radius 1 is 1.47 bits per heavy atom. The van der Waals surface area contributed by atoms with Crippen LogP contribution in [0.5, 0.6) is 0 Å². The molecular weight excluding hydrogens is 242 g/mol. The van der Waals surface area contributed by atoms with Gasteiger partial charge in [0.2, 0.25) is 0 Å². The predicted octanol–water partition coefficient (Wildman–Crippen LogP) is 2.96. The maximum Gasteiger partial charge on any atom is 0.323 e. The van der Waals surface area contributed by atoms with Crippen molar-refractivity contribution in [1.29, 1.82) is 0 Å². The zero-order valence-corrected chi connectivity index (χ0v) is 12.6. The zero-order chi connectivity index (χ0) is 14.3. The molecule has 0 aliphatic heterocycles. The highest BCUT2D eigenvalue weighted by atomic mass is 16.5. The third-order valence-corrected chi connectivity index (χ3v) is 3.92. The molecular formula is C15H29NO3. The Bertz CT molecular complexity index is 279. The highest BCUT2D eigenvalue weighted by Gasteiger charge is 2.40. The fourth-order valence-electron chi connectivity index (χ4n) is 2.44. The first-order valence-corrected chi connectivity index (χ1v) is 7.66. The van der Waals surface area contributed by atoms with Crippen molar-refractivity contribution < 1.29 is 14.6 Å². The minimum atomic E-state index is -0.751. The van der Waals surface area contributed by atoms with E-state index in [1.54, 1.807) is 0 Å². The predicted molar refractivity (Wildman–Crippen MR) is 76.4 cm³/mol. The Labute approximate surface area is 116 Å². The third-order valence-electron chi connectivity index (χ3n) is 3.92. The van der Waals surface area contributed by atoms with E-state index in [0.717, 1.165) is 32.1 Å².